The normalized spacial score (nSPS) is 21.6. The van der Waals surface area contributed by atoms with Gasteiger partial charge in [0.15, 0.2) is 0 Å². The molecule has 0 bridgehead atoms. The highest BCUT2D eigenvalue weighted by Gasteiger charge is 2.42. The summed E-state index contributed by atoms with van der Waals surface area (Å²) in [5.74, 6) is -0.478. The highest BCUT2D eigenvalue weighted by molar-refractivity contribution is 5.92. The largest absolute Gasteiger partial charge is 0.368 e. The number of likely N-dealkylation sites (tertiary alicyclic amines) is 1. The number of rotatable bonds is 5. The maximum Gasteiger partial charge on any atom is 0.242 e. The monoisotopic (exact) mass is 227 g/mol. The second-order valence-corrected chi connectivity index (χ2v) is 4.71. The van der Waals surface area contributed by atoms with Gasteiger partial charge in [0.2, 0.25) is 11.8 Å². The lowest BCUT2D eigenvalue weighted by Crippen LogP contribution is -2.55. The average Bonchev–Trinajstić information content (AvgIpc) is 2.57. The smallest absolute Gasteiger partial charge is 0.242 e. The fourth-order valence-corrected chi connectivity index (χ4v) is 1.88. The molecule has 1 atom stereocenters. The molecule has 0 radical (unpaired) electrons. The molecule has 1 rings (SSSR count). The first-order valence-corrected chi connectivity index (χ1v) is 5.76. The van der Waals surface area contributed by atoms with Gasteiger partial charge >= 0.3 is 0 Å². The standard InChI is InChI=1S/C11H21N3O2/c1-4-6-13-8-5-7-14(9(8)15)11(2,3)10(12)16/h8,13H,4-7H2,1-3H3,(H2,12,16). The van der Waals surface area contributed by atoms with Crippen LogP contribution in [0, 0.1) is 0 Å². The van der Waals surface area contributed by atoms with Gasteiger partial charge in [0.1, 0.15) is 5.54 Å². The minimum atomic E-state index is -0.889. The SMILES string of the molecule is CCCNC1CCN(C(C)(C)C(N)=O)C1=O. The molecular formula is C11H21N3O2. The summed E-state index contributed by atoms with van der Waals surface area (Å²) in [4.78, 5) is 24.9. The van der Waals surface area contributed by atoms with Gasteiger partial charge in [0.05, 0.1) is 6.04 Å². The Labute approximate surface area is 96.4 Å². The number of nitrogens with zero attached hydrogens (tertiary/aromatic N) is 1. The molecule has 1 aliphatic rings. The molecule has 5 nitrogen and oxygen atoms in total. The predicted octanol–water partition coefficient (Wildman–Crippen LogP) is -0.149. The maximum absolute atomic E-state index is 12.0. The zero-order valence-electron chi connectivity index (χ0n) is 10.2. The number of primary amides is 1. The molecule has 1 aliphatic heterocycles. The van der Waals surface area contributed by atoms with E-state index in [9.17, 15) is 9.59 Å². The molecule has 0 aromatic rings. The zero-order valence-corrected chi connectivity index (χ0v) is 10.2. The number of carbonyl (C=O) groups is 2. The molecule has 2 amide bonds. The molecule has 3 N–H and O–H groups in total. The molecule has 0 aromatic carbocycles. The summed E-state index contributed by atoms with van der Waals surface area (Å²) in [6, 6.07) is -0.154. The zero-order chi connectivity index (χ0) is 12.3. The first-order valence-electron chi connectivity index (χ1n) is 5.76. The topological polar surface area (TPSA) is 75.4 Å². The van der Waals surface area contributed by atoms with Crippen LogP contribution in [0.25, 0.3) is 0 Å². The Morgan fingerprint density at radius 1 is 1.62 bits per heavy atom. The van der Waals surface area contributed by atoms with Crippen molar-refractivity contribution >= 4 is 11.8 Å². The first kappa shape index (κ1) is 13.0. The number of hydrogen-bond acceptors (Lipinski definition) is 3. The Morgan fingerprint density at radius 2 is 2.25 bits per heavy atom. The Bertz CT molecular complexity index is 289. The van der Waals surface area contributed by atoms with E-state index in [0.29, 0.717) is 6.54 Å². The van der Waals surface area contributed by atoms with Gasteiger partial charge in [0.25, 0.3) is 0 Å². The van der Waals surface area contributed by atoms with Crippen molar-refractivity contribution in [3.8, 4) is 0 Å². The molecule has 0 spiro atoms. The van der Waals surface area contributed by atoms with Crippen molar-refractivity contribution in [1.82, 2.24) is 10.2 Å². The van der Waals surface area contributed by atoms with Gasteiger partial charge in [-0.3, -0.25) is 9.59 Å². The summed E-state index contributed by atoms with van der Waals surface area (Å²) in [7, 11) is 0. The van der Waals surface area contributed by atoms with E-state index in [2.05, 4.69) is 12.2 Å². The molecule has 1 fully saturated rings. The van der Waals surface area contributed by atoms with Crippen LogP contribution in [0.1, 0.15) is 33.6 Å². The van der Waals surface area contributed by atoms with E-state index >= 15 is 0 Å². The van der Waals surface area contributed by atoms with Crippen molar-refractivity contribution < 1.29 is 9.59 Å². The van der Waals surface area contributed by atoms with Crippen LogP contribution in [0.2, 0.25) is 0 Å². The van der Waals surface area contributed by atoms with E-state index in [0.717, 1.165) is 19.4 Å². The number of amides is 2. The van der Waals surface area contributed by atoms with Crippen LogP contribution in [0.15, 0.2) is 0 Å². The molecule has 5 heteroatoms. The van der Waals surface area contributed by atoms with Crippen molar-refractivity contribution in [3.63, 3.8) is 0 Å². The summed E-state index contributed by atoms with van der Waals surface area (Å²) in [5, 5.41) is 3.18. The molecule has 0 saturated carbocycles. The Morgan fingerprint density at radius 3 is 2.75 bits per heavy atom. The lowest BCUT2D eigenvalue weighted by molar-refractivity contribution is -0.141. The average molecular weight is 227 g/mol. The third kappa shape index (κ3) is 2.35. The third-order valence-corrected chi connectivity index (χ3v) is 3.12. The van der Waals surface area contributed by atoms with E-state index in [-0.39, 0.29) is 11.9 Å². The van der Waals surface area contributed by atoms with Gasteiger partial charge in [0, 0.05) is 6.54 Å². The maximum atomic E-state index is 12.0. The third-order valence-electron chi connectivity index (χ3n) is 3.12. The van der Waals surface area contributed by atoms with Gasteiger partial charge in [-0.2, -0.15) is 0 Å². The molecule has 16 heavy (non-hydrogen) atoms. The van der Waals surface area contributed by atoms with Crippen molar-refractivity contribution in [2.45, 2.75) is 45.2 Å². The predicted molar refractivity (Wildman–Crippen MR) is 61.7 cm³/mol. The van der Waals surface area contributed by atoms with Crippen LogP contribution in [0.4, 0.5) is 0 Å². The number of nitrogens with one attached hydrogen (secondary N) is 1. The molecule has 92 valence electrons. The van der Waals surface area contributed by atoms with Crippen molar-refractivity contribution in [2.24, 2.45) is 5.73 Å². The van der Waals surface area contributed by atoms with Gasteiger partial charge in [-0.15, -0.1) is 0 Å². The van der Waals surface area contributed by atoms with E-state index < -0.39 is 11.4 Å². The summed E-state index contributed by atoms with van der Waals surface area (Å²) in [5.41, 5.74) is 4.42. The van der Waals surface area contributed by atoms with E-state index in [1.54, 1.807) is 18.7 Å². The number of carbonyl (C=O) groups excluding carboxylic acids is 2. The lowest BCUT2D eigenvalue weighted by Gasteiger charge is -2.32. The minimum Gasteiger partial charge on any atom is -0.368 e. The van der Waals surface area contributed by atoms with Gasteiger partial charge in [-0.25, -0.2) is 0 Å². The van der Waals surface area contributed by atoms with Crippen LogP contribution < -0.4 is 11.1 Å². The van der Waals surface area contributed by atoms with E-state index in [4.69, 9.17) is 5.73 Å². The van der Waals surface area contributed by atoms with Gasteiger partial charge in [-0.1, -0.05) is 6.92 Å². The van der Waals surface area contributed by atoms with Crippen LogP contribution in [0.3, 0.4) is 0 Å². The lowest BCUT2D eigenvalue weighted by atomic mass is 10.0. The van der Waals surface area contributed by atoms with Crippen molar-refractivity contribution in [3.05, 3.63) is 0 Å². The van der Waals surface area contributed by atoms with E-state index in [1.165, 1.54) is 0 Å². The highest BCUT2D eigenvalue weighted by Crippen LogP contribution is 2.22. The molecule has 1 unspecified atom stereocenters. The fourth-order valence-electron chi connectivity index (χ4n) is 1.88. The Hall–Kier alpha value is -1.10. The molecule has 0 aromatic heterocycles. The highest BCUT2D eigenvalue weighted by atomic mass is 16.2. The van der Waals surface area contributed by atoms with Gasteiger partial charge in [-0.05, 0) is 33.2 Å². The van der Waals surface area contributed by atoms with Gasteiger partial charge < -0.3 is 16.0 Å². The van der Waals surface area contributed by atoms with Crippen LogP contribution in [-0.2, 0) is 9.59 Å². The summed E-state index contributed by atoms with van der Waals surface area (Å²) >= 11 is 0. The minimum absolute atomic E-state index is 0.0164. The molecule has 0 aliphatic carbocycles. The summed E-state index contributed by atoms with van der Waals surface area (Å²) < 4.78 is 0. The quantitative estimate of drug-likeness (QED) is 0.686. The Kier molecular flexibility index (Phi) is 3.91. The fraction of sp³-hybridized carbons (Fsp3) is 0.818. The second kappa shape index (κ2) is 4.82. The van der Waals surface area contributed by atoms with Crippen LogP contribution in [0.5, 0.6) is 0 Å². The van der Waals surface area contributed by atoms with Crippen molar-refractivity contribution in [2.75, 3.05) is 13.1 Å². The summed E-state index contributed by atoms with van der Waals surface area (Å²) in [6.45, 7) is 6.85. The van der Waals surface area contributed by atoms with Crippen molar-refractivity contribution in [1.29, 1.82) is 0 Å². The Balaban J connectivity index is 2.67. The second-order valence-electron chi connectivity index (χ2n) is 4.71. The molecular weight excluding hydrogens is 206 g/mol. The molecule has 1 heterocycles. The summed E-state index contributed by atoms with van der Waals surface area (Å²) in [6.07, 6.45) is 1.73. The van der Waals surface area contributed by atoms with E-state index in [1.807, 2.05) is 0 Å². The molecule has 1 saturated heterocycles. The number of hydrogen-bond donors (Lipinski definition) is 2. The first-order chi connectivity index (χ1) is 7.41. The number of nitrogens with two attached hydrogens (primary N) is 1. The van der Waals surface area contributed by atoms with Crippen LogP contribution >= 0.6 is 0 Å². The van der Waals surface area contributed by atoms with Crippen LogP contribution in [-0.4, -0.2) is 41.4 Å².